The van der Waals surface area contributed by atoms with Gasteiger partial charge in [0, 0.05) is 42.2 Å². The van der Waals surface area contributed by atoms with Crippen LogP contribution in [0.2, 0.25) is 0 Å². The van der Waals surface area contributed by atoms with Gasteiger partial charge in [0.05, 0.1) is 25.8 Å². The Labute approximate surface area is 169 Å². The van der Waals surface area contributed by atoms with Crippen molar-refractivity contribution < 1.29 is 19.1 Å². The Morgan fingerprint density at radius 2 is 1.69 bits per heavy atom. The molecule has 1 saturated heterocycles. The van der Waals surface area contributed by atoms with Gasteiger partial charge in [0.15, 0.2) is 0 Å². The summed E-state index contributed by atoms with van der Waals surface area (Å²) < 4.78 is 10.5. The van der Waals surface area contributed by atoms with Crippen LogP contribution in [-0.4, -0.2) is 32.6 Å². The number of nitrogens with one attached hydrogen (secondary N) is 1. The molecule has 1 aliphatic heterocycles. The van der Waals surface area contributed by atoms with Crippen molar-refractivity contribution in [2.75, 3.05) is 31.0 Å². The van der Waals surface area contributed by atoms with Crippen LogP contribution in [0.5, 0.6) is 11.5 Å². The summed E-state index contributed by atoms with van der Waals surface area (Å²) in [5.74, 6) is 0.485. The molecule has 29 heavy (non-hydrogen) atoms. The number of hydrogen-bond donors (Lipinski definition) is 1. The lowest BCUT2D eigenvalue weighted by molar-refractivity contribution is -0.122. The number of hydrogen-bond acceptors (Lipinski definition) is 4. The fraction of sp³-hybridized carbons (Fsp3) is 0.217. The fourth-order valence-corrected chi connectivity index (χ4v) is 3.68. The molecule has 3 aromatic rings. The Balaban J connectivity index is 1.54. The molecule has 3 aromatic carbocycles. The van der Waals surface area contributed by atoms with Gasteiger partial charge in [-0.1, -0.05) is 36.4 Å². The highest BCUT2D eigenvalue weighted by molar-refractivity contribution is 6.08. The van der Waals surface area contributed by atoms with E-state index in [0.717, 1.165) is 16.5 Å². The van der Waals surface area contributed by atoms with Crippen molar-refractivity contribution in [3.63, 3.8) is 0 Å². The van der Waals surface area contributed by atoms with E-state index in [2.05, 4.69) is 5.32 Å². The third-order valence-electron chi connectivity index (χ3n) is 5.17. The molecule has 1 N–H and O–H groups in total. The average molecular weight is 390 g/mol. The van der Waals surface area contributed by atoms with Crippen molar-refractivity contribution >= 4 is 34.0 Å². The SMILES string of the molecule is COc1cc(NC(=O)[C@@H]2CC(=O)N(c3cccc4ccccc34)C2)cc(OC)c1. The van der Waals surface area contributed by atoms with Gasteiger partial charge in [-0.2, -0.15) is 0 Å². The minimum Gasteiger partial charge on any atom is -0.497 e. The molecule has 4 rings (SSSR count). The van der Waals surface area contributed by atoms with Gasteiger partial charge in [0.25, 0.3) is 0 Å². The van der Waals surface area contributed by atoms with E-state index in [-0.39, 0.29) is 18.2 Å². The van der Waals surface area contributed by atoms with Crippen molar-refractivity contribution in [2.45, 2.75) is 6.42 Å². The number of carbonyl (C=O) groups excluding carboxylic acids is 2. The Morgan fingerprint density at radius 3 is 2.41 bits per heavy atom. The molecular formula is C23H22N2O4. The average Bonchev–Trinajstić information content (AvgIpc) is 3.14. The van der Waals surface area contributed by atoms with Crippen LogP contribution in [0.15, 0.2) is 60.7 Å². The zero-order valence-electron chi connectivity index (χ0n) is 16.3. The molecule has 1 aliphatic rings. The number of carbonyl (C=O) groups is 2. The lowest BCUT2D eigenvalue weighted by atomic mass is 10.1. The third kappa shape index (κ3) is 3.74. The van der Waals surface area contributed by atoms with Crippen LogP contribution < -0.4 is 19.7 Å². The second-order valence-electron chi connectivity index (χ2n) is 6.99. The normalized spacial score (nSPS) is 16.1. The van der Waals surface area contributed by atoms with Gasteiger partial charge >= 0.3 is 0 Å². The van der Waals surface area contributed by atoms with Crippen molar-refractivity contribution in [1.29, 1.82) is 0 Å². The van der Waals surface area contributed by atoms with E-state index in [1.54, 1.807) is 37.3 Å². The van der Waals surface area contributed by atoms with E-state index in [4.69, 9.17) is 9.47 Å². The number of rotatable bonds is 5. The number of ether oxygens (including phenoxy) is 2. The second-order valence-corrected chi connectivity index (χ2v) is 6.99. The zero-order valence-corrected chi connectivity index (χ0v) is 16.3. The second kappa shape index (κ2) is 7.83. The van der Waals surface area contributed by atoms with Gasteiger partial charge in [-0.05, 0) is 11.5 Å². The predicted molar refractivity (Wildman–Crippen MR) is 113 cm³/mol. The molecule has 2 amide bonds. The summed E-state index contributed by atoms with van der Waals surface area (Å²) in [6.45, 7) is 0.347. The van der Waals surface area contributed by atoms with Crippen LogP contribution in [0, 0.1) is 5.92 Å². The summed E-state index contributed by atoms with van der Waals surface area (Å²) in [6, 6.07) is 19.0. The highest BCUT2D eigenvalue weighted by Gasteiger charge is 2.35. The van der Waals surface area contributed by atoms with Gasteiger partial charge in [-0.15, -0.1) is 0 Å². The molecule has 1 atom stereocenters. The number of benzene rings is 3. The molecular weight excluding hydrogens is 368 g/mol. The molecule has 0 aliphatic carbocycles. The number of fused-ring (bicyclic) bond motifs is 1. The first-order chi connectivity index (χ1) is 14.1. The number of nitrogens with zero attached hydrogens (tertiary/aromatic N) is 1. The molecule has 0 spiro atoms. The van der Waals surface area contributed by atoms with Gasteiger partial charge < -0.3 is 19.7 Å². The Morgan fingerprint density at radius 1 is 1.00 bits per heavy atom. The molecule has 6 heteroatoms. The summed E-state index contributed by atoms with van der Waals surface area (Å²) >= 11 is 0. The molecule has 1 fully saturated rings. The largest absolute Gasteiger partial charge is 0.497 e. The quantitative estimate of drug-likeness (QED) is 0.719. The number of amides is 2. The van der Waals surface area contributed by atoms with Crippen LogP contribution in [-0.2, 0) is 9.59 Å². The number of anilines is 2. The Hall–Kier alpha value is -3.54. The van der Waals surface area contributed by atoms with Crippen LogP contribution in [0.25, 0.3) is 10.8 Å². The molecule has 6 nitrogen and oxygen atoms in total. The first-order valence-corrected chi connectivity index (χ1v) is 9.41. The van der Waals surface area contributed by atoms with E-state index >= 15 is 0 Å². The molecule has 0 saturated carbocycles. The van der Waals surface area contributed by atoms with Gasteiger partial charge in [0.2, 0.25) is 11.8 Å². The van der Waals surface area contributed by atoms with Crippen LogP contribution in [0.1, 0.15) is 6.42 Å². The van der Waals surface area contributed by atoms with Crippen LogP contribution in [0.3, 0.4) is 0 Å². The zero-order chi connectivity index (χ0) is 20.4. The lowest BCUT2D eigenvalue weighted by Gasteiger charge is -2.19. The summed E-state index contributed by atoms with van der Waals surface area (Å²) in [7, 11) is 3.11. The van der Waals surface area contributed by atoms with E-state index in [0.29, 0.717) is 23.7 Å². The minimum atomic E-state index is -0.432. The van der Waals surface area contributed by atoms with Crippen LogP contribution >= 0.6 is 0 Å². The summed E-state index contributed by atoms with van der Waals surface area (Å²) in [5, 5.41) is 4.95. The maximum Gasteiger partial charge on any atom is 0.229 e. The topological polar surface area (TPSA) is 67.9 Å². The molecule has 148 valence electrons. The maximum absolute atomic E-state index is 12.8. The smallest absolute Gasteiger partial charge is 0.229 e. The van der Waals surface area contributed by atoms with Crippen molar-refractivity contribution in [2.24, 2.45) is 5.92 Å². The maximum atomic E-state index is 12.8. The Kier molecular flexibility index (Phi) is 5.08. The molecule has 1 heterocycles. The van der Waals surface area contributed by atoms with Gasteiger partial charge in [0.1, 0.15) is 11.5 Å². The van der Waals surface area contributed by atoms with Gasteiger partial charge in [-0.3, -0.25) is 9.59 Å². The fourth-order valence-electron chi connectivity index (χ4n) is 3.68. The predicted octanol–water partition coefficient (Wildman–Crippen LogP) is 3.85. The highest BCUT2D eigenvalue weighted by atomic mass is 16.5. The summed E-state index contributed by atoms with van der Waals surface area (Å²) in [5.41, 5.74) is 1.41. The molecule has 0 unspecified atom stereocenters. The first-order valence-electron chi connectivity index (χ1n) is 9.41. The van der Waals surface area contributed by atoms with E-state index in [9.17, 15) is 9.59 Å². The minimum absolute atomic E-state index is 0.0512. The monoisotopic (exact) mass is 390 g/mol. The molecule has 0 aromatic heterocycles. The van der Waals surface area contributed by atoms with Crippen LogP contribution in [0.4, 0.5) is 11.4 Å². The summed E-state index contributed by atoms with van der Waals surface area (Å²) in [6.07, 6.45) is 0.177. The van der Waals surface area contributed by atoms with E-state index in [1.807, 2.05) is 42.5 Å². The highest BCUT2D eigenvalue weighted by Crippen LogP contribution is 2.32. The van der Waals surface area contributed by atoms with Crippen molar-refractivity contribution in [3.05, 3.63) is 60.7 Å². The number of methoxy groups -OCH3 is 2. The lowest BCUT2D eigenvalue weighted by Crippen LogP contribution is -2.28. The third-order valence-corrected chi connectivity index (χ3v) is 5.17. The molecule has 0 bridgehead atoms. The Bertz CT molecular complexity index is 1050. The van der Waals surface area contributed by atoms with Crippen molar-refractivity contribution in [3.8, 4) is 11.5 Å². The van der Waals surface area contributed by atoms with E-state index in [1.165, 1.54) is 0 Å². The van der Waals surface area contributed by atoms with E-state index < -0.39 is 5.92 Å². The first kappa shape index (κ1) is 18.8. The van der Waals surface area contributed by atoms with Crippen molar-refractivity contribution in [1.82, 2.24) is 0 Å². The molecule has 0 radical (unpaired) electrons. The standard InChI is InChI=1S/C23H22N2O4/c1-28-18-11-17(12-19(13-18)29-2)24-23(27)16-10-22(26)25(14-16)21-9-5-7-15-6-3-4-8-20(15)21/h3-9,11-13,16H,10,14H2,1-2H3,(H,24,27)/t16-/m1/s1. The summed E-state index contributed by atoms with van der Waals surface area (Å²) in [4.78, 5) is 27.2. The van der Waals surface area contributed by atoms with Gasteiger partial charge in [-0.25, -0.2) is 0 Å².